The first-order valence-corrected chi connectivity index (χ1v) is 9.29. The van der Waals surface area contributed by atoms with Crippen molar-refractivity contribution in [1.82, 2.24) is 15.3 Å². The molecule has 0 saturated heterocycles. The quantitative estimate of drug-likeness (QED) is 0.467. The molecule has 0 aliphatic rings. The van der Waals surface area contributed by atoms with E-state index >= 15 is 0 Å². The van der Waals surface area contributed by atoms with Gasteiger partial charge in [0.1, 0.15) is 6.61 Å². The van der Waals surface area contributed by atoms with Gasteiger partial charge in [-0.05, 0) is 35.9 Å². The number of methoxy groups -OCH3 is 1. The summed E-state index contributed by atoms with van der Waals surface area (Å²) in [5, 5.41) is 3.75. The van der Waals surface area contributed by atoms with Gasteiger partial charge in [-0.25, -0.2) is 4.79 Å². The summed E-state index contributed by atoms with van der Waals surface area (Å²) in [5.74, 6) is -0.473. The van der Waals surface area contributed by atoms with E-state index in [1.807, 2.05) is 24.3 Å². The monoisotopic (exact) mass is 393 g/mol. The van der Waals surface area contributed by atoms with Crippen molar-refractivity contribution in [3.63, 3.8) is 0 Å². The molecule has 7 nitrogen and oxygen atoms in total. The maximum atomic E-state index is 12.1. The zero-order chi connectivity index (χ0) is 20.6. The molecular weight excluding hydrogens is 370 g/mol. The van der Waals surface area contributed by atoms with Crippen molar-refractivity contribution in [3.05, 3.63) is 71.2 Å². The number of pyridine rings is 2. The minimum absolute atomic E-state index is 0.0837. The Balaban J connectivity index is 1.71. The highest BCUT2D eigenvalue weighted by molar-refractivity contribution is 5.89. The molecule has 0 aliphatic carbocycles. The predicted octanol–water partition coefficient (Wildman–Crippen LogP) is 2.66. The lowest BCUT2D eigenvalue weighted by Crippen LogP contribution is -2.19. The van der Waals surface area contributed by atoms with Crippen molar-refractivity contribution < 1.29 is 19.1 Å². The summed E-state index contributed by atoms with van der Waals surface area (Å²) in [6, 6.07) is 13.3. The number of benzene rings is 1. The molecule has 2 heterocycles. The highest BCUT2D eigenvalue weighted by atomic mass is 16.6. The molecule has 2 aromatic heterocycles. The van der Waals surface area contributed by atoms with E-state index in [0.717, 1.165) is 27.9 Å². The van der Waals surface area contributed by atoms with Crippen LogP contribution in [0.5, 0.6) is 0 Å². The van der Waals surface area contributed by atoms with Gasteiger partial charge in [0.15, 0.2) is 0 Å². The Bertz CT molecular complexity index is 1020. The normalized spacial score (nSPS) is 10.7. The fourth-order valence-electron chi connectivity index (χ4n) is 2.85. The summed E-state index contributed by atoms with van der Waals surface area (Å²) >= 11 is 0. The van der Waals surface area contributed by atoms with Gasteiger partial charge in [-0.3, -0.25) is 14.8 Å². The molecule has 1 aromatic carbocycles. The summed E-state index contributed by atoms with van der Waals surface area (Å²) < 4.78 is 10.0. The van der Waals surface area contributed by atoms with Gasteiger partial charge in [0.05, 0.1) is 29.9 Å². The summed E-state index contributed by atoms with van der Waals surface area (Å²) in [7, 11) is 1.56. The Hall–Kier alpha value is -3.32. The zero-order valence-corrected chi connectivity index (χ0v) is 16.5. The lowest BCUT2D eigenvalue weighted by molar-refractivity contribution is -0.119. The van der Waals surface area contributed by atoms with E-state index in [2.05, 4.69) is 21.4 Å². The number of esters is 1. The van der Waals surface area contributed by atoms with Crippen molar-refractivity contribution in [2.24, 2.45) is 0 Å². The SMILES string of the molecule is COCCOC(=O)c1ccnc(Cc2ccc3nc(CNC(C)=O)ccc3c2)c1. The number of nitrogens with one attached hydrogen (secondary N) is 1. The number of hydrogen-bond acceptors (Lipinski definition) is 6. The number of hydrogen-bond donors (Lipinski definition) is 1. The molecule has 1 N–H and O–H groups in total. The van der Waals surface area contributed by atoms with Crippen LogP contribution in [0.15, 0.2) is 48.7 Å². The summed E-state index contributed by atoms with van der Waals surface area (Å²) in [5.41, 5.74) is 3.98. The van der Waals surface area contributed by atoms with Gasteiger partial charge in [-0.15, -0.1) is 0 Å². The summed E-state index contributed by atoms with van der Waals surface area (Å²) in [6.45, 7) is 2.47. The maximum absolute atomic E-state index is 12.1. The van der Waals surface area contributed by atoms with Gasteiger partial charge < -0.3 is 14.8 Å². The van der Waals surface area contributed by atoms with Crippen LogP contribution in [0.25, 0.3) is 10.9 Å². The molecule has 0 saturated carbocycles. The predicted molar refractivity (Wildman–Crippen MR) is 108 cm³/mol. The average molecular weight is 393 g/mol. The lowest BCUT2D eigenvalue weighted by atomic mass is 10.0. The molecule has 3 rings (SSSR count). The second-order valence-electron chi connectivity index (χ2n) is 6.58. The molecule has 0 bridgehead atoms. The van der Waals surface area contributed by atoms with Crippen molar-refractivity contribution >= 4 is 22.8 Å². The van der Waals surface area contributed by atoms with Crippen LogP contribution in [-0.4, -0.2) is 42.2 Å². The van der Waals surface area contributed by atoms with E-state index in [0.29, 0.717) is 25.1 Å². The van der Waals surface area contributed by atoms with Crippen LogP contribution in [0.4, 0.5) is 0 Å². The topological polar surface area (TPSA) is 90.4 Å². The van der Waals surface area contributed by atoms with Crippen LogP contribution >= 0.6 is 0 Å². The van der Waals surface area contributed by atoms with Crippen molar-refractivity contribution in [2.75, 3.05) is 20.3 Å². The van der Waals surface area contributed by atoms with Crippen LogP contribution in [0, 0.1) is 0 Å². The van der Waals surface area contributed by atoms with Gasteiger partial charge in [0.25, 0.3) is 0 Å². The Labute approximate surface area is 169 Å². The van der Waals surface area contributed by atoms with E-state index < -0.39 is 0 Å². The Morgan fingerprint density at radius 2 is 1.90 bits per heavy atom. The van der Waals surface area contributed by atoms with E-state index in [1.54, 1.807) is 25.4 Å². The van der Waals surface area contributed by atoms with E-state index in [4.69, 9.17) is 9.47 Å². The highest BCUT2D eigenvalue weighted by Crippen LogP contribution is 2.18. The van der Waals surface area contributed by atoms with Crippen molar-refractivity contribution in [3.8, 4) is 0 Å². The number of nitrogens with zero attached hydrogens (tertiary/aromatic N) is 2. The molecule has 150 valence electrons. The molecule has 0 radical (unpaired) electrons. The van der Waals surface area contributed by atoms with E-state index in [9.17, 15) is 9.59 Å². The van der Waals surface area contributed by atoms with Crippen LogP contribution in [0.1, 0.15) is 34.2 Å². The molecule has 3 aromatic rings. The average Bonchev–Trinajstić information content (AvgIpc) is 2.72. The number of carbonyl (C=O) groups is 2. The minimum atomic E-state index is -0.389. The highest BCUT2D eigenvalue weighted by Gasteiger charge is 2.09. The Morgan fingerprint density at radius 3 is 2.69 bits per heavy atom. The van der Waals surface area contributed by atoms with Crippen molar-refractivity contribution in [2.45, 2.75) is 19.9 Å². The van der Waals surface area contributed by atoms with Gasteiger partial charge in [-0.1, -0.05) is 12.1 Å². The van der Waals surface area contributed by atoms with Gasteiger partial charge >= 0.3 is 5.97 Å². The number of fused-ring (bicyclic) bond motifs is 1. The number of carbonyl (C=O) groups excluding carboxylic acids is 2. The van der Waals surface area contributed by atoms with Crippen LogP contribution < -0.4 is 5.32 Å². The third kappa shape index (κ3) is 5.83. The Morgan fingerprint density at radius 1 is 1.03 bits per heavy atom. The second kappa shape index (κ2) is 9.75. The van der Waals surface area contributed by atoms with Crippen LogP contribution in [0.2, 0.25) is 0 Å². The van der Waals surface area contributed by atoms with Crippen LogP contribution in [-0.2, 0) is 27.2 Å². The molecule has 0 fully saturated rings. The fourth-order valence-corrected chi connectivity index (χ4v) is 2.85. The molecular formula is C22H23N3O4. The first-order valence-electron chi connectivity index (χ1n) is 9.29. The standard InChI is InChI=1S/C22H23N3O4/c1-15(26)24-14-19-5-4-17-11-16(3-6-21(17)25-19)12-20-13-18(7-8-23-20)22(27)29-10-9-28-2/h3-8,11,13H,9-10,12,14H2,1-2H3,(H,24,26). The minimum Gasteiger partial charge on any atom is -0.460 e. The molecule has 1 amide bonds. The molecule has 0 aliphatic heterocycles. The largest absolute Gasteiger partial charge is 0.460 e. The van der Waals surface area contributed by atoms with Crippen LogP contribution in [0.3, 0.4) is 0 Å². The Kier molecular flexibility index (Phi) is 6.86. The van der Waals surface area contributed by atoms with Gasteiger partial charge in [0.2, 0.25) is 5.91 Å². The number of rotatable bonds is 8. The smallest absolute Gasteiger partial charge is 0.338 e. The molecule has 29 heavy (non-hydrogen) atoms. The zero-order valence-electron chi connectivity index (χ0n) is 16.5. The maximum Gasteiger partial charge on any atom is 0.338 e. The fraction of sp³-hybridized carbons (Fsp3) is 0.273. The molecule has 0 spiro atoms. The summed E-state index contributed by atoms with van der Waals surface area (Å²) in [6.07, 6.45) is 2.20. The third-order valence-corrected chi connectivity index (χ3v) is 4.29. The molecule has 7 heteroatoms. The number of amides is 1. The lowest BCUT2D eigenvalue weighted by Gasteiger charge is -2.08. The molecule has 0 atom stereocenters. The first kappa shape index (κ1) is 20.4. The number of aromatic nitrogens is 2. The van der Waals surface area contributed by atoms with Gasteiger partial charge in [0, 0.05) is 37.7 Å². The second-order valence-corrected chi connectivity index (χ2v) is 6.58. The summed E-state index contributed by atoms with van der Waals surface area (Å²) in [4.78, 5) is 32.1. The molecule has 0 unspecified atom stereocenters. The van der Waals surface area contributed by atoms with Gasteiger partial charge in [-0.2, -0.15) is 0 Å². The first-order chi connectivity index (χ1) is 14.0. The van der Waals surface area contributed by atoms with E-state index in [1.165, 1.54) is 6.92 Å². The van der Waals surface area contributed by atoms with E-state index in [-0.39, 0.29) is 18.5 Å². The number of ether oxygens (including phenoxy) is 2. The van der Waals surface area contributed by atoms with Crippen molar-refractivity contribution in [1.29, 1.82) is 0 Å². The third-order valence-electron chi connectivity index (χ3n) is 4.29.